The van der Waals surface area contributed by atoms with Crippen LogP contribution in [0.25, 0.3) is 0 Å². The molecule has 0 radical (unpaired) electrons. The molecule has 0 bridgehead atoms. The van der Waals surface area contributed by atoms with Crippen LogP contribution < -0.4 is 41.5 Å². The molecule has 6 heteroatoms. The van der Waals surface area contributed by atoms with Crippen molar-refractivity contribution in [2.75, 3.05) is 0 Å². The Balaban J connectivity index is 1.72. The quantitative estimate of drug-likeness (QED) is 0.0788. The molecule has 0 N–H and O–H groups in total. The molecule has 0 fully saturated rings. The molecule has 48 heavy (non-hydrogen) atoms. The lowest BCUT2D eigenvalue weighted by atomic mass is 10.3. The lowest BCUT2D eigenvalue weighted by Gasteiger charge is -2.41. The average molecular weight is 695 g/mol. The van der Waals surface area contributed by atoms with E-state index in [0.717, 1.165) is 0 Å². The van der Waals surface area contributed by atoms with E-state index < -0.39 is 32.8 Å². The van der Waals surface area contributed by atoms with Gasteiger partial charge in [0.2, 0.25) is 0 Å². The lowest BCUT2D eigenvalue weighted by Crippen LogP contribution is -2.79. The van der Waals surface area contributed by atoms with Gasteiger partial charge in [-0.3, -0.25) is 9.15 Å². The summed E-state index contributed by atoms with van der Waals surface area (Å²) in [6.45, 7) is 14.6. The largest absolute Gasteiger partial charge is 0.329 e. The van der Waals surface area contributed by atoms with Gasteiger partial charge in [0, 0.05) is 0 Å². The van der Waals surface area contributed by atoms with Crippen LogP contribution >= 0.6 is 0 Å². The van der Waals surface area contributed by atoms with Crippen molar-refractivity contribution in [2.45, 2.75) is 39.3 Å². The predicted octanol–water partition coefficient (Wildman–Crippen LogP) is 5.36. The summed E-state index contributed by atoms with van der Waals surface area (Å²) in [7, 11) is -10.3. The van der Waals surface area contributed by atoms with E-state index in [1.54, 1.807) is 0 Å². The molecule has 0 amide bonds. The molecule has 6 rings (SSSR count). The van der Waals surface area contributed by atoms with Crippen LogP contribution in [0.2, 0.25) is 39.3 Å². The van der Waals surface area contributed by atoms with Crippen molar-refractivity contribution < 1.29 is 9.15 Å². The fourth-order valence-corrected chi connectivity index (χ4v) is 20.9. The van der Waals surface area contributed by atoms with Gasteiger partial charge in [0.15, 0.2) is 0 Å². The lowest BCUT2D eigenvalue weighted by molar-refractivity contribution is -0.112. The molecule has 6 aromatic rings. The molecule has 0 aliphatic carbocycles. The van der Waals surface area contributed by atoms with Crippen LogP contribution in [0.4, 0.5) is 0 Å². The molecule has 0 aliphatic rings. The minimum Gasteiger partial charge on any atom is -0.279 e. The number of rotatable bonds is 11. The zero-order valence-corrected chi connectivity index (χ0v) is 33.0. The van der Waals surface area contributed by atoms with Gasteiger partial charge < -0.3 is 0 Å². The van der Waals surface area contributed by atoms with Crippen molar-refractivity contribution in [1.82, 2.24) is 0 Å². The van der Waals surface area contributed by atoms with Crippen molar-refractivity contribution in [3.8, 4) is 0 Å². The zero-order valence-electron chi connectivity index (χ0n) is 29.0. The van der Waals surface area contributed by atoms with Crippen LogP contribution in [-0.4, -0.2) is 32.8 Å². The maximum Gasteiger partial charge on any atom is 0.329 e. The van der Waals surface area contributed by atoms with Gasteiger partial charge in [0.1, 0.15) is 0 Å². The molecule has 0 aromatic heterocycles. The number of benzene rings is 6. The number of hydrogen-bond acceptors (Lipinski definition) is 2. The van der Waals surface area contributed by atoms with Crippen molar-refractivity contribution in [2.24, 2.45) is 0 Å². The fourth-order valence-electron chi connectivity index (χ4n) is 6.94. The Morgan fingerprint density at radius 2 is 0.479 bits per heavy atom. The Kier molecular flexibility index (Phi) is 9.85. The van der Waals surface area contributed by atoms with Gasteiger partial charge in [-0.15, -0.1) is 0 Å². The second-order valence-electron chi connectivity index (χ2n) is 14.6. The van der Waals surface area contributed by atoms with E-state index in [0.29, 0.717) is 0 Å². The summed E-state index contributed by atoms with van der Waals surface area (Å²) in [5.41, 5.74) is 0. The van der Waals surface area contributed by atoms with Gasteiger partial charge in [0.25, 0.3) is 0 Å². The van der Waals surface area contributed by atoms with E-state index in [1.165, 1.54) is 41.5 Å². The predicted molar refractivity (Wildman–Crippen MR) is 216 cm³/mol. The molecule has 0 atom stereocenters. The minimum atomic E-state index is -3.29. The Hall–Kier alpha value is -3.89. The first-order valence-electron chi connectivity index (χ1n) is 16.9. The highest BCUT2D eigenvalue weighted by Gasteiger charge is 2.52. The standard InChI is InChI=1S/C42H46O2Si4/c1-45(2,3)39-31-19-21-33-41(39)47(35-23-11-7-12-24-35,36-25-13-8-14-26-36)43-44-48(37-27-15-9-16-28-37,38-29-17-10-18-30-38)42-34-22-20-32-40(42)46(4,5)6/h7-34H,1-6H3. The summed E-state index contributed by atoms with van der Waals surface area (Å²) in [5.74, 6) is 0. The summed E-state index contributed by atoms with van der Waals surface area (Å²) in [6.07, 6.45) is 0. The SMILES string of the molecule is C[Si](C)(C)c1ccccc1[Si](OO[Si](c1ccccc1)(c1ccccc1)c1ccccc1[Si](C)(C)C)(c1ccccc1)c1ccccc1. The van der Waals surface area contributed by atoms with E-state index in [-0.39, 0.29) is 0 Å². The highest BCUT2D eigenvalue weighted by atomic mass is 28.4. The summed E-state index contributed by atoms with van der Waals surface area (Å²) in [6, 6.07) is 61.4. The molecule has 0 saturated carbocycles. The normalized spacial score (nSPS) is 12.5. The van der Waals surface area contributed by atoms with E-state index in [1.807, 2.05) is 0 Å². The highest BCUT2D eigenvalue weighted by molar-refractivity contribution is 7.12. The first-order chi connectivity index (χ1) is 23.1. The Morgan fingerprint density at radius 3 is 0.708 bits per heavy atom. The molecule has 242 valence electrons. The van der Waals surface area contributed by atoms with E-state index >= 15 is 0 Å². The summed E-state index contributed by atoms with van der Waals surface area (Å²) in [4.78, 5) is 0. The van der Waals surface area contributed by atoms with Crippen LogP contribution in [0.1, 0.15) is 0 Å². The van der Waals surface area contributed by atoms with E-state index in [2.05, 4.69) is 209 Å². The maximum atomic E-state index is 7.66. The minimum absolute atomic E-state index is 1.17. The zero-order chi connectivity index (χ0) is 33.8. The van der Waals surface area contributed by atoms with Crippen molar-refractivity contribution in [3.05, 3.63) is 170 Å². The second-order valence-corrected chi connectivity index (χ2v) is 31.1. The number of hydrogen-bond donors (Lipinski definition) is 0. The van der Waals surface area contributed by atoms with E-state index in [4.69, 9.17) is 9.15 Å². The molecular weight excluding hydrogens is 649 g/mol. The van der Waals surface area contributed by atoms with Crippen molar-refractivity contribution in [1.29, 1.82) is 0 Å². The highest BCUT2D eigenvalue weighted by Crippen LogP contribution is 2.18. The fraction of sp³-hybridized carbons (Fsp3) is 0.143. The maximum absolute atomic E-state index is 7.66. The third-order valence-electron chi connectivity index (χ3n) is 9.24. The van der Waals surface area contributed by atoms with Crippen LogP contribution in [0, 0.1) is 0 Å². The van der Waals surface area contributed by atoms with Gasteiger partial charge in [-0.25, -0.2) is 0 Å². The Bertz CT molecular complexity index is 1710. The summed E-state index contributed by atoms with van der Waals surface area (Å²) >= 11 is 0. The molecule has 0 aliphatic heterocycles. The van der Waals surface area contributed by atoms with Crippen LogP contribution in [0.3, 0.4) is 0 Å². The Morgan fingerprint density at radius 1 is 0.271 bits per heavy atom. The summed E-state index contributed by atoms with van der Waals surface area (Å²) in [5, 5.41) is 10.0. The van der Waals surface area contributed by atoms with Gasteiger partial charge in [-0.2, -0.15) is 0 Å². The van der Waals surface area contributed by atoms with Crippen LogP contribution in [0.15, 0.2) is 170 Å². The third-order valence-corrected chi connectivity index (χ3v) is 21.7. The molecule has 0 saturated heterocycles. The smallest absolute Gasteiger partial charge is 0.279 e. The van der Waals surface area contributed by atoms with Crippen molar-refractivity contribution >= 4 is 74.3 Å². The van der Waals surface area contributed by atoms with Crippen molar-refractivity contribution in [3.63, 3.8) is 0 Å². The Labute approximate surface area is 291 Å². The molecular formula is C42H46O2Si4. The van der Waals surface area contributed by atoms with Gasteiger partial charge in [-0.1, -0.05) is 220 Å². The van der Waals surface area contributed by atoms with Crippen LogP contribution in [0.5, 0.6) is 0 Å². The molecule has 0 unspecified atom stereocenters. The molecule has 0 heterocycles. The van der Waals surface area contributed by atoms with Gasteiger partial charge in [-0.05, 0) is 31.1 Å². The molecule has 2 nitrogen and oxygen atoms in total. The third kappa shape index (κ3) is 6.44. The topological polar surface area (TPSA) is 18.5 Å². The van der Waals surface area contributed by atoms with Gasteiger partial charge >= 0.3 is 16.6 Å². The monoisotopic (exact) mass is 694 g/mol. The summed E-state index contributed by atoms with van der Waals surface area (Å²) < 4.78 is 15.3. The van der Waals surface area contributed by atoms with E-state index in [9.17, 15) is 0 Å². The second kappa shape index (κ2) is 13.9. The average Bonchev–Trinajstić information content (AvgIpc) is 3.11. The first kappa shape index (κ1) is 34.0. The first-order valence-corrected chi connectivity index (χ1v) is 27.7. The van der Waals surface area contributed by atoms with Crippen LogP contribution in [-0.2, 0) is 9.15 Å². The van der Waals surface area contributed by atoms with Gasteiger partial charge in [0.05, 0.1) is 16.1 Å². The molecule has 6 aromatic carbocycles. The molecule has 0 spiro atoms.